The molecule has 1 atom stereocenters. The van der Waals surface area contributed by atoms with E-state index in [1.165, 1.54) is 31.2 Å². The SMILES string of the molecule is Cc1ccc(CN[C@H](C)C2CCCC2)nc1. The average Bonchev–Trinajstić information content (AvgIpc) is 2.81. The van der Waals surface area contributed by atoms with E-state index in [0.29, 0.717) is 6.04 Å². The summed E-state index contributed by atoms with van der Waals surface area (Å²) in [5.41, 5.74) is 2.38. The van der Waals surface area contributed by atoms with Crippen molar-refractivity contribution in [2.75, 3.05) is 0 Å². The summed E-state index contributed by atoms with van der Waals surface area (Å²) >= 11 is 0. The molecule has 88 valence electrons. The summed E-state index contributed by atoms with van der Waals surface area (Å²) in [4.78, 5) is 4.41. The molecule has 1 N–H and O–H groups in total. The fourth-order valence-corrected chi connectivity index (χ4v) is 2.49. The fraction of sp³-hybridized carbons (Fsp3) is 0.643. The van der Waals surface area contributed by atoms with Gasteiger partial charge in [0.1, 0.15) is 0 Å². The molecule has 0 spiro atoms. The second kappa shape index (κ2) is 5.44. The molecule has 0 aliphatic heterocycles. The van der Waals surface area contributed by atoms with Crippen LogP contribution < -0.4 is 5.32 Å². The van der Waals surface area contributed by atoms with E-state index < -0.39 is 0 Å². The molecule has 0 radical (unpaired) electrons. The van der Waals surface area contributed by atoms with Crippen molar-refractivity contribution < 1.29 is 0 Å². The van der Waals surface area contributed by atoms with Gasteiger partial charge in [0.15, 0.2) is 0 Å². The molecule has 16 heavy (non-hydrogen) atoms. The maximum absolute atomic E-state index is 4.41. The number of hydrogen-bond acceptors (Lipinski definition) is 2. The number of rotatable bonds is 4. The molecule has 0 saturated heterocycles. The minimum absolute atomic E-state index is 0.630. The molecule has 0 bridgehead atoms. The average molecular weight is 218 g/mol. The number of aromatic nitrogens is 1. The van der Waals surface area contributed by atoms with Crippen LogP contribution in [0.15, 0.2) is 18.3 Å². The summed E-state index contributed by atoms with van der Waals surface area (Å²) in [7, 11) is 0. The molecular weight excluding hydrogens is 196 g/mol. The van der Waals surface area contributed by atoms with Crippen molar-refractivity contribution in [3.63, 3.8) is 0 Å². The second-order valence-corrected chi connectivity index (χ2v) is 5.04. The molecule has 1 fully saturated rings. The Bertz CT molecular complexity index is 312. The number of nitrogens with one attached hydrogen (secondary N) is 1. The second-order valence-electron chi connectivity index (χ2n) is 5.04. The fourth-order valence-electron chi connectivity index (χ4n) is 2.49. The Hall–Kier alpha value is -0.890. The highest BCUT2D eigenvalue weighted by Crippen LogP contribution is 2.27. The lowest BCUT2D eigenvalue weighted by Gasteiger charge is -2.20. The third-order valence-corrected chi connectivity index (χ3v) is 3.68. The molecule has 2 nitrogen and oxygen atoms in total. The highest BCUT2D eigenvalue weighted by Gasteiger charge is 2.20. The van der Waals surface area contributed by atoms with Gasteiger partial charge in [-0.2, -0.15) is 0 Å². The van der Waals surface area contributed by atoms with Crippen molar-refractivity contribution in [1.82, 2.24) is 10.3 Å². The maximum atomic E-state index is 4.41. The summed E-state index contributed by atoms with van der Waals surface area (Å²) in [5.74, 6) is 0.880. The van der Waals surface area contributed by atoms with Gasteiger partial charge < -0.3 is 5.32 Å². The first-order valence-corrected chi connectivity index (χ1v) is 6.40. The zero-order valence-corrected chi connectivity index (χ0v) is 10.4. The molecule has 0 unspecified atom stereocenters. The van der Waals surface area contributed by atoms with Crippen LogP contribution in [0.4, 0.5) is 0 Å². The quantitative estimate of drug-likeness (QED) is 0.840. The van der Waals surface area contributed by atoms with Crippen LogP contribution >= 0.6 is 0 Å². The molecule has 1 heterocycles. The van der Waals surface area contributed by atoms with Crippen LogP contribution in [0.25, 0.3) is 0 Å². The molecule has 1 aliphatic carbocycles. The summed E-state index contributed by atoms with van der Waals surface area (Å²) in [5, 5.41) is 3.60. The van der Waals surface area contributed by atoms with Crippen molar-refractivity contribution in [3.8, 4) is 0 Å². The van der Waals surface area contributed by atoms with Crippen LogP contribution in [0.5, 0.6) is 0 Å². The number of nitrogens with zero attached hydrogens (tertiary/aromatic N) is 1. The first-order chi connectivity index (χ1) is 7.75. The molecule has 1 aromatic rings. The summed E-state index contributed by atoms with van der Waals surface area (Å²) < 4.78 is 0. The van der Waals surface area contributed by atoms with Crippen LogP contribution in [0.2, 0.25) is 0 Å². The lowest BCUT2D eigenvalue weighted by Crippen LogP contribution is -2.31. The van der Waals surface area contributed by atoms with Crippen molar-refractivity contribution in [2.45, 2.75) is 52.1 Å². The van der Waals surface area contributed by atoms with E-state index >= 15 is 0 Å². The van der Waals surface area contributed by atoms with E-state index in [1.54, 1.807) is 0 Å². The van der Waals surface area contributed by atoms with Crippen LogP contribution in [0.1, 0.15) is 43.9 Å². The van der Waals surface area contributed by atoms with Gasteiger partial charge in [-0.05, 0) is 44.2 Å². The van der Waals surface area contributed by atoms with Gasteiger partial charge in [0, 0.05) is 18.8 Å². The van der Waals surface area contributed by atoms with Gasteiger partial charge in [-0.25, -0.2) is 0 Å². The van der Waals surface area contributed by atoms with Crippen LogP contribution in [0, 0.1) is 12.8 Å². The van der Waals surface area contributed by atoms with Gasteiger partial charge >= 0.3 is 0 Å². The molecule has 2 heteroatoms. The van der Waals surface area contributed by atoms with Crippen molar-refractivity contribution in [3.05, 3.63) is 29.6 Å². The smallest absolute Gasteiger partial charge is 0.0541 e. The third kappa shape index (κ3) is 3.05. The van der Waals surface area contributed by atoms with E-state index in [0.717, 1.165) is 18.2 Å². The van der Waals surface area contributed by atoms with Crippen molar-refractivity contribution in [2.24, 2.45) is 5.92 Å². The van der Waals surface area contributed by atoms with E-state index in [2.05, 4.69) is 36.3 Å². The van der Waals surface area contributed by atoms with Gasteiger partial charge in [0.2, 0.25) is 0 Å². The van der Waals surface area contributed by atoms with Gasteiger partial charge in [-0.3, -0.25) is 4.98 Å². The standard InChI is InChI=1S/C14H22N2/c1-11-7-8-14(16-9-11)10-15-12(2)13-5-3-4-6-13/h7-9,12-13,15H,3-6,10H2,1-2H3/t12-/m1/s1. The van der Waals surface area contributed by atoms with Crippen molar-refractivity contribution >= 4 is 0 Å². The predicted octanol–water partition coefficient (Wildman–Crippen LogP) is 3.06. The van der Waals surface area contributed by atoms with Gasteiger partial charge in [-0.1, -0.05) is 18.9 Å². The van der Waals surface area contributed by atoms with E-state index in [9.17, 15) is 0 Å². The minimum Gasteiger partial charge on any atom is -0.308 e. The number of aryl methyl sites for hydroxylation is 1. The molecule has 0 amide bonds. The van der Waals surface area contributed by atoms with Crippen LogP contribution in [0.3, 0.4) is 0 Å². The van der Waals surface area contributed by atoms with E-state index in [4.69, 9.17) is 0 Å². The lowest BCUT2D eigenvalue weighted by molar-refractivity contribution is 0.379. The first-order valence-electron chi connectivity index (χ1n) is 6.40. The van der Waals surface area contributed by atoms with E-state index in [1.807, 2.05) is 6.20 Å². The summed E-state index contributed by atoms with van der Waals surface area (Å²) in [6.07, 6.45) is 7.57. The molecule has 2 rings (SSSR count). The van der Waals surface area contributed by atoms with E-state index in [-0.39, 0.29) is 0 Å². The number of hydrogen-bond donors (Lipinski definition) is 1. The molecule has 1 saturated carbocycles. The largest absolute Gasteiger partial charge is 0.308 e. The Morgan fingerprint density at radius 1 is 1.38 bits per heavy atom. The summed E-state index contributed by atoms with van der Waals surface area (Å²) in [6.45, 7) is 5.29. The Kier molecular flexibility index (Phi) is 3.94. The zero-order chi connectivity index (χ0) is 11.4. The lowest BCUT2D eigenvalue weighted by atomic mass is 10.00. The minimum atomic E-state index is 0.630. The normalized spacial score (nSPS) is 18.9. The maximum Gasteiger partial charge on any atom is 0.0541 e. The predicted molar refractivity (Wildman–Crippen MR) is 67.2 cm³/mol. The Morgan fingerprint density at radius 3 is 2.75 bits per heavy atom. The third-order valence-electron chi connectivity index (χ3n) is 3.68. The Morgan fingerprint density at radius 2 is 2.12 bits per heavy atom. The Labute approximate surface area is 98.5 Å². The molecular formula is C14H22N2. The molecule has 1 aromatic heterocycles. The highest BCUT2D eigenvalue weighted by molar-refractivity contribution is 5.12. The van der Waals surface area contributed by atoms with Gasteiger partial charge in [-0.15, -0.1) is 0 Å². The monoisotopic (exact) mass is 218 g/mol. The van der Waals surface area contributed by atoms with Crippen LogP contribution in [-0.2, 0) is 6.54 Å². The first kappa shape index (κ1) is 11.6. The van der Waals surface area contributed by atoms with Gasteiger partial charge in [0.05, 0.1) is 5.69 Å². The zero-order valence-electron chi connectivity index (χ0n) is 10.4. The highest BCUT2D eigenvalue weighted by atomic mass is 14.9. The van der Waals surface area contributed by atoms with Crippen molar-refractivity contribution in [1.29, 1.82) is 0 Å². The van der Waals surface area contributed by atoms with Crippen LogP contribution in [-0.4, -0.2) is 11.0 Å². The summed E-state index contributed by atoms with van der Waals surface area (Å²) in [6, 6.07) is 4.87. The molecule has 0 aromatic carbocycles. The Balaban J connectivity index is 1.80. The molecule has 1 aliphatic rings. The topological polar surface area (TPSA) is 24.9 Å². The number of pyridine rings is 1. The van der Waals surface area contributed by atoms with Gasteiger partial charge in [0.25, 0.3) is 0 Å².